The summed E-state index contributed by atoms with van der Waals surface area (Å²) in [5.41, 5.74) is 0. The van der Waals surface area contributed by atoms with Crippen LogP contribution in [0.1, 0.15) is 11.3 Å². The minimum atomic E-state index is -0.717. The van der Waals surface area contributed by atoms with Gasteiger partial charge in [-0.3, -0.25) is 0 Å². The van der Waals surface area contributed by atoms with Gasteiger partial charge in [-0.1, -0.05) is 11.6 Å². The van der Waals surface area contributed by atoms with Gasteiger partial charge in [0, 0.05) is 24.5 Å². The van der Waals surface area contributed by atoms with Crippen LogP contribution in [-0.4, -0.2) is 22.9 Å². The summed E-state index contributed by atoms with van der Waals surface area (Å²) in [5.74, 6) is 0.338. The third kappa shape index (κ3) is 4.22. The van der Waals surface area contributed by atoms with Gasteiger partial charge >= 0.3 is 0 Å². The SMILES string of the molecule is CN/C(CCc1cnc(Cl)s1)=N/[N+](=O)[O-]. The Labute approximate surface area is 95.1 Å². The van der Waals surface area contributed by atoms with Crippen molar-refractivity contribution in [2.45, 2.75) is 12.8 Å². The zero-order valence-electron chi connectivity index (χ0n) is 7.94. The quantitative estimate of drug-likeness (QED) is 0.379. The molecule has 1 rings (SSSR count). The van der Waals surface area contributed by atoms with Crippen LogP contribution in [-0.2, 0) is 6.42 Å². The van der Waals surface area contributed by atoms with Gasteiger partial charge in [0.2, 0.25) is 0 Å². The number of amidine groups is 1. The van der Waals surface area contributed by atoms with Gasteiger partial charge in [-0.25, -0.2) is 15.1 Å². The lowest BCUT2D eigenvalue weighted by molar-refractivity contribution is -0.485. The fraction of sp³-hybridized carbons (Fsp3) is 0.429. The highest BCUT2D eigenvalue weighted by molar-refractivity contribution is 7.15. The molecule has 0 fully saturated rings. The van der Waals surface area contributed by atoms with E-state index in [1.54, 1.807) is 13.2 Å². The number of rotatable bonds is 4. The number of thiazole rings is 1. The smallest absolute Gasteiger partial charge is 0.192 e. The molecular formula is C7H9ClN4O2S. The summed E-state index contributed by atoms with van der Waals surface area (Å²) in [4.78, 5) is 15.0. The number of halogens is 1. The fourth-order valence-corrected chi connectivity index (χ4v) is 1.94. The monoisotopic (exact) mass is 248 g/mol. The third-order valence-electron chi connectivity index (χ3n) is 1.62. The zero-order valence-corrected chi connectivity index (χ0v) is 9.51. The molecule has 82 valence electrons. The number of hydrogen-bond donors (Lipinski definition) is 1. The highest BCUT2D eigenvalue weighted by atomic mass is 35.5. The maximum absolute atomic E-state index is 10.1. The van der Waals surface area contributed by atoms with Crippen molar-refractivity contribution in [3.8, 4) is 0 Å². The predicted molar refractivity (Wildman–Crippen MR) is 58.9 cm³/mol. The van der Waals surface area contributed by atoms with Crippen LogP contribution in [0.5, 0.6) is 0 Å². The fourth-order valence-electron chi connectivity index (χ4n) is 0.964. The molecule has 0 aliphatic carbocycles. The molecule has 0 bridgehead atoms. The van der Waals surface area contributed by atoms with Crippen LogP contribution in [0.4, 0.5) is 0 Å². The van der Waals surface area contributed by atoms with Crippen LogP contribution in [0.3, 0.4) is 0 Å². The first-order valence-corrected chi connectivity index (χ1v) is 5.31. The molecule has 0 atom stereocenters. The molecule has 1 N–H and O–H groups in total. The van der Waals surface area contributed by atoms with E-state index in [0.717, 1.165) is 4.88 Å². The Morgan fingerprint density at radius 2 is 2.60 bits per heavy atom. The Balaban J connectivity index is 2.51. The number of hydrogen-bond acceptors (Lipinski definition) is 4. The molecule has 0 saturated carbocycles. The second-order valence-electron chi connectivity index (χ2n) is 2.61. The summed E-state index contributed by atoms with van der Waals surface area (Å²) in [5, 5.41) is 15.3. The van der Waals surface area contributed by atoms with Gasteiger partial charge in [0.1, 0.15) is 0 Å². The maximum atomic E-state index is 10.1. The van der Waals surface area contributed by atoms with E-state index in [0.29, 0.717) is 23.1 Å². The standard InChI is InChI=1S/C7H9ClN4O2S/c1-9-6(11-12(13)14)3-2-5-4-10-7(8)15-5/h4H,2-3H2,1H3,(H,9,11). The normalized spacial score (nSPS) is 11.5. The lowest BCUT2D eigenvalue weighted by atomic mass is 10.2. The second-order valence-corrected chi connectivity index (χ2v) is 4.31. The van der Waals surface area contributed by atoms with E-state index in [4.69, 9.17) is 11.6 Å². The molecule has 6 nitrogen and oxygen atoms in total. The summed E-state index contributed by atoms with van der Waals surface area (Å²) in [6.45, 7) is 0. The molecule has 0 radical (unpaired) electrons. The lowest BCUT2D eigenvalue weighted by Gasteiger charge is -1.98. The van der Waals surface area contributed by atoms with Gasteiger partial charge in [-0.2, -0.15) is 0 Å². The van der Waals surface area contributed by atoms with Crippen molar-refractivity contribution >= 4 is 28.8 Å². The summed E-state index contributed by atoms with van der Waals surface area (Å²) in [6.07, 6.45) is 2.76. The molecule has 0 saturated heterocycles. The summed E-state index contributed by atoms with van der Waals surface area (Å²) < 4.78 is 0.474. The van der Waals surface area contributed by atoms with Crippen molar-refractivity contribution in [1.29, 1.82) is 0 Å². The first-order chi connectivity index (χ1) is 7.11. The molecule has 1 heterocycles. The lowest BCUT2D eigenvalue weighted by Crippen LogP contribution is -2.20. The van der Waals surface area contributed by atoms with Crippen molar-refractivity contribution in [3.05, 3.63) is 25.7 Å². The Morgan fingerprint density at radius 1 is 1.87 bits per heavy atom. The van der Waals surface area contributed by atoms with E-state index in [1.165, 1.54) is 11.3 Å². The number of nitrogens with zero attached hydrogens (tertiary/aromatic N) is 3. The number of hydrazone groups is 1. The summed E-state index contributed by atoms with van der Waals surface area (Å²) in [7, 11) is 1.60. The first kappa shape index (κ1) is 11.9. The van der Waals surface area contributed by atoms with Crippen molar-refractivity contribution in [2.24, 2.45) is 5.10 Å². The predicted octanol–water partition coefficient (Wildman–Crippen LogP) is 1.54. The Hall–Kier alpha value is -1.21. The van der Waals surface area contributed by atoms with E-state index in [-0.39, 0.29) is 0 Å². The van der Waals surface area contributed by atoms with Gasteiger partial charge in [-0.05, 0) is 6.42 Å². The van der Waals surface area contributed by atoms with E-state index in [1.807, 2.05) is 0 Å². The van der Waals surface area contributed by atoms with Crippen molar-refractivity contribution in [3.63, 3.8) is 0 Å². The summed E-state index contributed by atoms with van der Waals surface area (Å²) in [6, 6.07) is 0. The molecule has 1 aromatic heterocycles. The van der Waals surface area contributed by atoms with Crippen LogP contribution in [0.15, 0.2) is 11.3 Å². The van der Waals surface area contributed by atoms with Gasteiger partial charge in [-0.15, -0.1) is 11.3 Å². The number of nitro groups is 1. The Bertz CT molecular complexity index is 379. The molecule has 15 heavy (non-hydrogen) atoms. The van der Waals surface area contributed by atoms with Gasteiger partial charge in [0.25, 0.3) is 0 Å². The summed E-state index contributed by atoms with van der Waals surface area (Å²) >= 11 is 7.01. The zero-order chi connectivity index (χ0) is 11.3. The van der Waals surface area contributed by atoms with E-state index >= 15 is 0 Å². The van der Waals surface area contributed by atoms with Gasteiger partial charge in [0.05, 0.1) is 5.10 Å². The molecule has 0 spiro atoms. The third-order valence-corrected chi connectivity index (χ3v) is 2.80. The van der Waals surface area contributed by atoms with Gasteiger partial charge in [0.15, 0.2) is 15.3 Å². The molecule has 1 aromatic rings. The number of nitrogens with one attached hydrogen (secondary N) is 1. The van der Waals surface area contributed by atoms with Crippen LogP contribution in [0.2, 0.25) is 4.47 Å². The first-order valence-electron chi connectivity index (χ1n) is 4.11. The molecule has 0 aliphatic heterocycles. The Morgan fingerprint density at radius 3 is 3.07 bits per heavy atom. The molecule has 0 unspecified atom stereocenters. The van der Waals surface area contributed by atoms with Crippen LogP contribution in [0, 0.1) is 10.1 Å². The topological polar surface area (TPSA) is 80.4 Å². The molecule has 0 aromatic carbocycles. The van der Waals surface area contributed by atoms with Crippen LogP contribution >= 0.6 is 22.9 Å². The average molecular weight is 249 g/mol. The van der Waals surface area contributed by atoms with Crippen LogP contribution in [0.25, 0.3) is 0 Å². The molecular weight excluding hydrogens is 240 g/mol. The molecule has 0 aliphatic rings. The molecule has 0 amide bonds. The Kier molecular flexibility index (Phi) is 4.44. The van der Waals surface area contributed by atoms with Crippen molar-refractivity contribution in [2.75, 3.05) is 7.05 Å². The van der Waals surface area contributed by atoms with Gasteiger partial charge < -0.3 is 5.32 Å². The van der Waals surface area contributed by atoms with Crippen molar-refractivity contribution in [1.82, 2.24) is 10.3 Å². The second kappa shape index (κ2) is 5.62. The minimum absolute atomic E-state index is 0.338. The highest BCUT2D eigenvalue weighted by Crippen LogP contribution is 2.18. The number of aromatic nitrogens is 1. The largest absolute Gasteiger partial charge is 0.372 e. The molecule has 8 heteroatoms. The van der Waals surface area contributed by atoms with E-state index in [9.17, 15) is 10.1 Å². The highest BCUT2D eigenvalue weighted by Gasteiger charge is 2.05. The maximum Gasteiger partial charge on any atom is 0.192 e. The van der Waals surface area contributed by atoms with E-state index < -0.39 is 5.03 Å². The van der Waals surface area contributed by atoms with Crippen molar-refractivity contribution < 1.29 is 5.03 Å². The van der Waals surface area contributed by atoms with Crippen LogP contribution < -0.4 is 5.32 Å². The minimum Gasteiger partial charge on any atom is -0.372 e. The average Bonchev–Trinajstić information content (AvgIpc) is 2.58. The number of aryl methyl sites for hydroxylation is 1. The van der Waals surface area contributed by atoms with E-state index in [2.05, 4.69) is 15.4 Å².